The number of hydrogen-bond donors (Lipinski definition) is 2. The van der Waals surface area contributed by atoms with Crippen LogP contribution in [0, 0.1) is 0 Å². The number of fused-ring (bicyclic) bond motifs is 1. The second-order valence-corrected chi connectivity index (χ2v) is 4.76. The molecule has 6 nitrogen and oxygen atoms in total. The Morgan fingerprint density at radius 1 is 1.52 bits per heavy atom. The highest BCUT2D eigenvalue weighted by Gasteiger charge is 2.23. The van der Waals surface area contributed by atoms with Crippen LogP contribution in [0.3, 0.4) is 0 Å². The molecule has 0 aliphatic carbocycles. The van der Waals surface area contributed by atoms with Gasteiger partial charge in [-0.3, -0.25) is 9.59 Å². The highest BCUT2D eigenvalue weighted by atomic mass is 16.5. The molecule has 0 fully saturated rings. The first kappa shape index (κ1) is 14.9. The summed E-state index contributed by atoms with van der Waals surface area (Å²) in [5.41, 5.74) is 7.05. The van der Waals surface area contributed by atoms with E-state index >= 15 is 0 Å². The summed E-state index contributed by atoms with van der Waals surface area (Å²) in [7, 11) is 0. The molecule has 0 bridgehead atoms. The van der Waals surface area contributed by atoms with Crippen LogP contribution in [0.2, 0.25) is 0 Å². The lowest BCUT2D eigenvalue weighted by atomic mass is 10.0. The maximum atomic E-state index is 11.9. The molecule has 1 aromatic carbocycles. The van der Waals surface area contributed by atoms with Gasteiger partial charge < -0.3 is 20.5 Å². The largest absolute Gasteiger partial charge is 0.492 e. The summed E-state index contributed by atoms with van der Waals surface area (Å²) in [6, 6.07) is 3.33. The Kier molecular flexibility index (Phi) is 4.47. The molecular weight excluding hydrogens is 272 g/mol. The van der Waals surface area contributed by atoms with Crippen LogP contribution in [0.5, 0.6) is 11.5 Å². The topological polar surface area (TPSA) is 90.6 Å². The van der Waals surface area contributed by atoms with E-state index in [1.54, 1.807) is 19.1 Å². The number of hydrogen-bond acceptors (Lipinski definition) is 5. The van der Waals surface area contributed by atoms with Crippen molar-refractivity contribution < 1.29 is 19.1 Å². The number of nitrogens with two attached hydrogens (primary N) is 1. The van der Waals surface area contributed by atoms with Crippen LogP contribution >= 0.6 is 0 Å². The molecule has 2 rings (SSSR count). The van der Waals surface area contributed by atoms with Gasteiger partial charge in [-0.15, -0.1) is 0 Å². The first-order valence-corrected chi connectivity index (χ1v) is 6.65. The second-order valence-electron chi connectivity index (χ2n) is 4.76. The number of nitrogen functional groups attached to an aromatic ring is 1. The molecule has 0 saturated heterocycles. The molecule has 0 aromatic heterocycles. The number of rotatable bonds is 5. The van der Waals surface area contributed by atoms with Crippen LogP contribution in [0.25, 0.3) is 0 Å². The average molecular weight is 290 g/mol. The molecule has 1 amide bonds. The number of anilines is 1. The molecule has 3 N–H and O–H groups in total. The van der Waals surface area contributed by atoms with E-state index in [0.29, 0.717) is 42.2 Å². The number of Topliss-reactive ketones (excluding diaryl/α,β-unsaturated/α-hetero) is 1. The molecular formula is C15H18N2O4. The lowest BCUT2D eigenvalue weighted by Crippen LogP contribution is -2.28. The summed E-state index contributed by atoms with van der Waals surface area (Å²) < 4.78 is 10.9. The van der Waals surface area contributed by atoms with Crippen molar-refractivity contribution in [2.45, 2.75) is 13.3 Å². The van der Waals surface area contributed by atoms with E-state index in [0.717, 1.165) is 0 Å². The summed E-state index contributed by atoms with van der Waals surface area (Å²) in [5.74, 6) is 0.638. The minimum Gasteiger partial charge on any atom is -0.492 e. The second kappa shape index (κ2) is 6.30. The van der Waals surface area contributed by atoms with E-state index in [1.165, 1.54) is 0 Å². The monoisotopic (exact) mass is 290 g/mol. The number of carbonyl (C=O) groups excluding carboxylic acids is 2. The highest BCUT2D eigenvalue weighted by Crippen LogP contribution is 2.36. The SMILES string of the molecule is C=C(C)C(=O)NCCOc1ccc2c(c1N)C(=O)CCO2. The van der Waals surface area contributed by atoms with E-state index in [-0.39, 0.29) is 24.0 Å². The van der Waals surface area contributed by atoms with Crippen molar-refractivity contribution in [2.24, 2.45) is 0 Å². The van der Waals surface area contributed by atoms with Gasteiger partial charge in [-0.2, -0.15) is 0 Å². The number of nitrogens with one attached hydrogen (secondary N) is 1. The molecule has 0 atom stereocenters. The van der Waals surface area contributed by atoms with Crippen LogP contribution in [0.15, 0.2) is 24.3 Å². The number of amides is 1. The molecule has 1 heterocycles. The molecule has 0 spiro atoms. The fourth-order valence-corrected chi connectivity index (χ4v) is 1.97. The van der Waals surface area contributed by atoms with Gasteiger partial charge in [0.2, 0.25) is 5.91 Å². The third kappa shape index (κ3) is 3.34. The van der Waals surface area contributed by atoms with E-state index in [2.05, 4.69) is 11.9 Å². The Balaban J connectivity index is 1.99. The van der Waals surface area contributed by atoms with Crippen molar-refractivity contribution in [3.8, 4) is 11.5 Å². The van der Waals surface area contributed by atoms with Crippen molar-refractivity contribution in [2.75, 3.05) is 25.5 Å². The summed E-state index contributed by atoms with van der Waals surface area (Å²) >= 11 is 0. The van der Waals surface area contributed by atoms with Crippen LogP contribution in [0.4, 0.5) is 5.69 Å². The number of carbonyl (C=O) groups is 2. The fourth-order valence-electron chi connectivity index (χ4n) is 1.97. The van der Waals surface area contributed by atoms with Gasteiger partial charge in [0, 0.05) is 12.0 Å². The van der Waals surface area contributed by atoms with Crippen molar-refractivity contribution in [1.29, 1.82) is 0 Å². The third-order valence-electron chi connectivity index (χ3n) is 3.07. The zero-order chi connectivity index (χ0) is 15.4. The van der Waals surface area contributed by atoms with Gasteiger partial charge in [0.25, 0.3) is 0 Å². The fraction of sp³-hybridized carbons (Fsp3) is 0.333. The van der Waals surface area contributed by atoms with Gasteiger partial charge in [0.1, 0.15) is 18.1 Å². The molecule has 0 saturated carbocycles. The molecule has 0 radical (unpaired) electrons. The number of ketones is 1. The molecule has 1 aliphatic rings. The van der Waals surface area contributed by atoms with Crippen molar-refractivity contribution in [1.82, 2.24) is 5.32 Å². The molecule has 112 valence electrons. The van der Waals surface area contributed by atoms with Gasteiger partial charge >= 0.3 is 0 Å². The molecule has 1 aromatic rings. The van der Waals surface area contributed by atoms with Crippen molar-refractivity contribution in [3.63, 3.8) is 0 Å². The van der Waals surface area contributed by atoms with Gasteiger partial charge in [0.15, 0.2) is 5.78 Å². The standard InChI is InChI=1S/C15H18N2O4/c1-9(2)15(19)17-6-8-21-12-4-3-11-13(14(12)16)10(18)5-7-20-11/h3-4H,1,5-8,16H2,2H3,(H,17,19). The van der Waals surface area contributed by atoms with E-state index in [1.807, 2.05) is 0 Å². The van der Waals surface area contributed by atoms with Crippen LogP contribution in [-0.2, 0) is 4.79 Å². The van der Waals surface area contributed by atoms with Gasteiger partial charge in [-0.05, 0) is 19.1 Å². The van der Waals surface area contributed by atoms with Crippen LogP contribution < -0.4 is 20.5 Å². The normalized spacial score (nSPS) is 13.1. The molecule has 0 unspecified atom stereocenters. The summed E-state index contributed by atoms with van der Waals surface area (Å²) in [5, 5.41) is 2.65. The smallest absolute Gasteiger partial charge is 0.246 e. The van der Waals surface area contributed by atoms with E-state index in [9.17, 15) is 9.59 Å². The lowest BCUT2D eigenvalue weighted by Gasteiger charge is -2.19. The molecule has 6 heteroatoms. The Labute approximate surface area is 122 Å². The number of ether oxygens (including phenoxy) is 2. The van der Waals surface area contributed by atoms with E-state index in [4.69, 9.17) is 15.2 Å². The summed E-state index contributed by atoms with van der Waals surface area (Å²) in [4.78, 5) is 23.2. The third-order valence-corrected chi connectivity index (χ3v) is 3.07. The predicted octanol–water partition coefficient (Wildman–Crippen LogP) is 1.31. The first-order valence-electron chi connectivity index (χ1n) is 6.65. The first-order chi connectivity index (χ1) is 10.0. The lowest BCUT2D eigenvalue weighted by molar-refractivity contribution is -0.117. The number of benzene rings is 1. The maximum absolute atomic E-state index is 11.9. The minimum atomic E-state index is -0.222. The zero-order valence-electron chi connectivity index (χ0n) is 11.9. The summed E-state index contributed by atoms with van der Waals surface area (Å²) in [6.07, 6.45) is 0.315. The highest BCUT2D eigenvalue weighted by molar-refractivity contribution is 6.05. The Morgan fingerprint density at radius 3 is 3.00 bits per heavy atom. The van der Waals surface area contributed by atoms with E-state index < -0.39 is 0 Å². The Morgan fingerprint density at radius 2 is 2.29 bits per heavy atom. The van der Waals surface area contributed by atoms with Gasteiger partial charge in [0.05, 0.1) is 24.4 Å². The van der Waals surface area contributed by atoms with Gasteiger partial charge in [-0.1, -0.05) is 6.58 Å². The van der Waals surface area contributed by atoms with Crippen molar-refractivity contribution >= 4 is 17.4 Å². The van der Waals surface area contributed by atoms with Crippen LogP contribution in [-0.4, -0.2) is 31.4 Å². The van der Waals surface area contributed by atoms with Crippen molar-refractivity contribution in [3.05, 3.63) is 29.8 Å². The minimum absolute atomic E-state index is 0.0465. The molecule has 21 heavy (non-hydrogen) atoms. The van der Waals surface area contributed by atoms with Gasteiger partial charge in [-0.25, -0.2) is 0 Å². The Hall–Kier alpha value is -2.50. The quantitative estimate of drug-likeness (QED) is 0.484. The van der Waals surface area contributed by atoms with Crippen LogP contribution in [0.1, 0.15) is 23.7 Å². The molecule has 1 aliphatic heterocycles. The Bertz CT molecular complexity index is 596. The average Bonchev–Trinajstić information content (AvgIpc) is 2.45. The predicted molar refractivity (Wildman–Crippen MR) is 78.6 cm³/mol. The zero-order valence-corrected chi connectivity index (χ0v) is 11.9. The maximum Gasteiger partial charge on any atom is 0.246 e. The summed E-state index contributed by atoms with van der Waals surface area (Å²) in [6.45, 7) is 6.11.